The number of ether oxygens (including phenoxy) is 2. The van der Waals surface area contributed by atoms with Gasteiger partial charge in [0.05, 0.1) is 10.8 Å². The van der Waals surface area contributed by atoms with Gasteiger partial charge in [-0.1, -0.05) is 30.3 Å². The Bertz CT molecular complexity index is 1160. The maximum absolute atomic E-state index is 13.2. The minimum atomic E-state index is -3.68. The zero-order valence-electron chi connectivity index (χ0n) is 17.6. The van der Waals surface area contributed by atoms with Crippen LogP contribution in [-0.4, -0.2) is 69.5 Å². The van der Waals surface area contributed by atoms with Crippen LogP contribution in [0.4, 0.5) is 0 Å². The fourth-order valence-corrected chi connectivity index (χ4v) is 5.94. The van der Waals surface area contributed by atoms with Crippen LogP contribution in [0.5, 0.6) is 11.5 Å². The molecule has 1 unspecified atom stereocenters. The second-order valence-electron chi connectivity index (χ2n) is 8.18. The quantitative estimate of drug-likeness (QED) is 0.683. The Hall–Kier alpha value is -2.88. The Kier molecular flexibility index (Phi) is 5.40. The molecule has 0 saturated heterocycles. The van der Waals surface area contributed by atoms with Crippen LogP contribution in [0, 0.1) is 0 Å². The van der Waals surface area contributed by atoms with Crippen molar-refractivity contribution in [1.29, 1.82) is 0 Å². The van der Waals surface area contributed by atoms with E-state index in [1.165, 1.54) is 10.4 Å². The summed E-state index contributed by atoms with van der Waals surface area (Å²) < 4.78 is 38.9. The van der Waals surface area contributed by atoms with E-state index in [1.54, 1.807) is 17.0 Å². The number of nitrogens with zero attached hydrogens (tertiary/aromatic N) is 2. The van der Waals surface area contributed by atoms with Crippen LogP contribution in [0.3, 0.4) is 0 Å². The lowest BCUT2D eigenvalue weighted by atomic mass is 9.98. The van der Waals surface area contributed by atoms with Crippen LogP contribution in [-0.2, 0) is 14.8 Å². The van der Waals surface area contributed by atoms with Crippen molar-refractivity contribution >= 4 is 15.9 Å². The lowest BCUT2D eigenvalue weighted by molar-refractivity contribution is -0.131. The smallest absolute Gasteiger partial charge is 0.243 e. The SMILES string of the molecule is NCC(C(=O)N1CC2=C(C1)CN(S(=O)(=O)c1ccc3c(c1)OCCO3)C2)c1ccccc1. The molecule has 8 nitrogen and oxygen atoms in total. The first-order chi connectivity index (χ1) is 15.5. The average molecular weight is 456 g/mol. The number of fused-ring (bicyclic) bond motifs is 1. The van der Waals surface area contributed by atoms with Gasteiger partial charge in [-0.05, 0) is 28.8 Å². The molecule has 1 atom stereocenters. The third kappa shape index (κ3) is 3.66. The highest BCUT2D eigenvalue weighted by atomic mass is 32.2. The summed E-state index contributed by atoms with van der Waals surface area (Å²) in [4.78, 5) is 15.1. The highest BCUT2D eigenvalue weighted by Gasteiger charge is 2.39. The molecule has 168 valence electrons. The number of benzene rings is 2. The molecule has 0 spiro atoms. The number of nitrogens with two attached hydrogens (primary N) is 1. The number of carbonyl (C=O) groups excluding carboxylic acids is 1. The van der Waals surface area contributed by atoms with Gasteiger partial charge in [-0.15, -0.1) is 0 Å². The van der Waals surface area contributed by atoms with Crippen LogP contribution in [0.2, 0.25) is 0 Å². The van der Waals surface area contributed by atoms with E-state index in [-0.39, 0.29) is 30.4 Å². The van der Waals surface area contributed by atoms with E-state index in [2.05, 4.69) is 0 Å². The molecule has 2 aromatic carbocycles. The first-order valence-electron chi connectivity index (χ1n) is 10.6. The third-order valence-corrected chi connectivity index (χ3v) is 7.98. The fourth-order valence-electron chi connectivity index (χ4n) is 4.49. The summed E-state index contributed by atoms with van der Waals surface area (Å²) >= 11 is 0. The Balaban J connectivity index is 1.27. The molecule has 0 saturated carbocycles. The summed E-state index contributed by atoms with van der Waals surface area (Å²) in [7, 11) is -3.68. The molecule has 0 radical (unpaired) electrons. The van der Waals surface area contributed by atoms with Gasteiger partial charge in [0.2, 0.25) is 15.9 Å². The first-order valence-corrected chi connectivity index (χ1v) is 12.0. The molecule has 3 aliphatic rings. The van der Waals surface area contributed by atoms with E-state index in [0.717, 1.165) is 16.7 Å². The van der Waals surface area contributed by atoms with Crippen LogP contribution in [0.25, 0.3) is 0 Å². The first kappa shape index (κ1) is 21.0. The summed E-state index contributed by atoms with van der Waals surface area (Å²) in [5.74, 6) is 0.588. The van der Waals surface area contributed by atoms with E-state index in [1.807, 2.05) is 30.3 Å². The number of sulfonamides is 1. The normalized spacial score (nSPS) is 19.2. The molecule has 0 aromatic heterocycles. The Morgan fingerprint density at radius 2 is 1.59 bits per heavy atom. The minimum Gasteiger partial charge on any atom is -0.486 e. The van der Waals surface area contributed by atoms with Crippen molar-refractivity contribution in [1.82, 2.24) is 9.21 Å². The van der Waals surface area contributed by atoms with Crippen molar-refractivity contribution in [3.8, 4) is 11.5 Å². The number of carbonyl (C=O) groups is 1. The third-order valence-electron chi connectivity index (χ3n) is 6.20. The monoisotopic (exact) mass is 455 g/mol. The molecular weight excluding hydrogens is 430 g/mol. The summed E-state index contributed by atoms with van der Waals surface area (Å²) in [5.41, 5.74) is 8.79. The molecular formula is C23H25N3O5S. The van der Waals surface area contributed by atoms with Crippen LogP contribution < -0.4 is 15.2 Å². The van der Waals surface area contributed by atoms with E-state index < -0.39 is 15.9 Å². The van der Waals surface area contributed by atoms with Crippen LogP contribution >= 0.6 is 0 Å². The average Bonchev–Trinajstić information content (AvgIpc) is 3.40. The number of hydrogen-bond donors (Lipinski definition) is 1. The Morgan fingerprint density at radius 1 is 0.938 bits per heavy atom. The van der Waals surface area contributed by atoms with E-state index in [9.17, 15) is 13.2 Å². The van der Waals surface area contributed by atoms with Crippen LogP contribution in [0.1, 0.15) is 11.5 Å². The second-order valence-corrected chi connectivity index (χ2v) is 10.1. The van der Waals surface area contributed by atoms with Crippen molar-refractivity contribution in [2.45, 2.75) is 10.8 Å². The Morgan fingerprint density at radius 3 is 2.25 bits per heavy atom. The van der Waals surface area contributed by atoms with Gasteiger partial charge < -0.3 is 20.1 Å². The molecule has 0 aliphatic carbocycles. The second kappa shape index (κ2) is 8.23. The highest BCUT2D eigenvalue weighted by Crippen LogP contribution is 2.36. The predicted molar refractivity (Wildman–Crippen MR) is 118 cm³/mol. The molecule has 2 N–H and O–H groups in total. The molecule has 3 heterocycles. The number of amides is 1. The zero-order chi connectivity index (χ0) is 22.3. The van der Waals surface area contributed by atoms with Crippen molar-refractivity contribution in [2.24, 2.45) is 5.73 Å². The summed E-state index contributed by atoms with van der Waals surface area (Å²) in [6.45, 7) is 2.52. The van der Waals surface area contributed by atoms with Gasteiger partial charge in [0.1, 0.15) is 13.2 Å². The number of hydrogen-bond acceptors (Lipinski definition) is 6. The maximum Gasteiger partial charge on any atom is 0.243 e. The van der Waals surface area contributed by atoms with Crippen LogP contribution in [0.15, 0.2) is 64.6 Å². The predicted octanol–water partition coefficient (Wildman–Crippen LogP) is 1.34. The van der Waals surface area contributed by atoms with Gasteiger partial charge in [-0.25, -0.2) is 8.42 Å². The van der Waals surface area contributed by atoms with Gasteiger partial charge in [0.25, 0.3) is 0 Å². The molecule has 0 bridgehead atoms. The lowest BCUT2D eigenvalue weighted by Gasteiger charge is -2.26. The van der Waals surface area contributed by atoms with Gasteiger partial charge in [-0.2, -0.15) is 4.31 Å². The van der Waals surface area contributed by atoms with Gasteiger partial charge >= 0.3 is 0 Å². The molecule has 5 rings (SSSR count). The summed E-state index contributed by atoms with van der Waals surface area (Å²) in [5, 5.41) is 0. The van der Waals surface area contributed by atoms with Crippen molar-refractivity contribution < 1.29 is 22.7 Å². The molecule has 1 amide bonds. The molecule has 0 fully saturated rings. The maximum atomic E-state index is 13.2. The molecule has 2 aromatic rings. The number of rotatable bonds is 5. The Labute approximate surface area is 187 Å². The lowest BCUT2D eigenvalue weighted by Crippen LogP contribution is -2.40. The van der Waals surface area contributed by atoms with E-state index in [4.69, 9.17) is 15.2 Å². The summed E-state index contributed by atoms with van der Waals surface area (Å²) in [6.07, 6.45) is 0. The minimum absolute atomic E-state index is 0.0191. The fraction of sp³-hybridized carbons (Fsp3) is 0.348. The zero-order valence-corrected chi connectivity index (χ0v) is 18.4. The van der Waals surface area contributed by atoms with E-state index in [0.29, 0.717) is 37.8 Å². The van der Waals surface area contributed by atoms with Crippen molar-refractivity contribution in [3.05, 3.63) is 65.2 Å². The molecule has 9 heteroatoms. The topological polar surface area (TPSA) is 102 Å². The molecule has 32 heavy (non-hydrogen) atoms. The van der Waals surface area contributed by atoms with E-state index >= 15 is 0 Å². The van der Waals surface area contributed by atoms with Crippen molar-refractivity contribution in [2.75, 3.05) is 45.9 Å². The van der Waals surface area contributed by atoms with Gasteiger partial charge in [0.15, 0.2) is 11.5 Å². The van der Waals surface area contributed by atoms with Crippen molar-refractivity contribution in [3.63, 3.8) is 0 Å². The molecule has 3 aliphatic heterocycles. The van der Waals surface area contributed by atoms with Gasteiger partial charge in [-0.3, -0.25) is 4.79 Å². The van der Waals surface area contributed by atoms with Gasteiger partial charge in [0, 0.05) is 38.8 Å². The highest BCUT2D eigenvalue weighted by molar-refractivity contribution is 7.89. The summed E-state index contributed by atoms with van der Waals surface area (Å²) in [6, 6.07) is 14.2. The largest absolute Gasteiger partial charge is 0.486 e. The standard InChI is InChI=1S/C23H25N3O5S/c24-11-20(16-4-2-1-3-5-16)23(27)25-12-17-14-26(15-18(17)13-25)32(28,29)19-6-7-21-22(10-19)31-9-8-30-21/h1-7,10,20H,8-9,11-15,24H2.